The van der Waals surface area contributed by atoms with Crippen molar-refractivity contribution in [3.05, 3.63) is 71.8 Å². The van der Waals surface area contributed by atoms with Crippen LogP contribution in [0.5, 0.6) is 0 Å². The molecule has 0 radical (unpaired) electrons. The van der Waals surface area contributed by atoms with Crippen LogP contribution in [-0.2, 0) is 42.4 Å². The van der Waals surface area contributed by atoms with Crippen molar-refractivity contribution in [1.29, 1.82) is 0 Å². The molecule has 3 fully saturated rings. The van der Waals surface area contributed by atoms with E-state index in [1.165, 1.54) is 13.8 Å². The molecule has 44 heavy (non-hydrogen) atoms. The predicted molar refractivity (Wildman–Crippen MR) is 161 cm³/mol. The van der Waals surface area contributed by atoms with Crippen molar-refractivity contribution in [2.45, 2.75) is 75.5 Å². The van der Waals surface area contributed by atoms with Gasteiger partial charge in [-0.3, -0.25) is 27.8 Å². The second-order valence-corrected chi connectivity index (χ2v) is 12.1. The number of fused-ring (bicyclic) bond motifs is 1. The fraction of sp³-hybridized carbons (Fsp3) is 0.533. The Labute approximate surface area is 259 Å². The quantitative estimate of drug-likeness (QED) is 0.216. The number of carbonyl (C=O) groups excluding carboxylic acids is 2. The number of hydrogen-bond acceptors (Lipinski definition) is 11. The van der Waals surface area contributed by atoms with Crippen LogP contribution in [0.25, 0.3) is 0 Å². The van der Waals surface area contributed by atoms with Gasteiger partial charge in [-0.25, -0.2) is 0 Å². The molecular formula is C30H42N4O9S. The molecule has 0 aliphatic carbocycles. The molecule has 6 N–H and O–H groups in total. The molecule has 0 aromatic heterocycles. The molecule has 5 rings (SSSR count). The fourth-order valence-electron chi connectivity index (χ4n) is 5.91. The highest BCUT2D eigenvalue weighted by atomic mass is 32.2. The van der Waals surface area contributed by atoms with Crippen LogP contribution < -0.4 is 10.6 Å². The first-order valence-corrected chi connectivity index (χ1v) is 15.5. The third-order valence-electron chi connectivity index (χ3n) is 8.03. The molecule has 0 saturated carbocycles. The third kappa shape index (κ3) is 8.90. The van der Waals surface area contributed by atoms with Gasteiger partial charge in [0.1, 0.15) is 18.3 Å². The van der Waals surface area contributed by atoms with Gasteiger partial charge in [0, 0.05) is 40.0 Å². The van der Waals surface area contributed by atoms with E-state index in [9.17, 15) is 34.2 Å². The summed E-state index contributed by atoms with van der Waals surface area (Å²) in [6, 6.07) is 17.8. The van der Waals surface area contributed by atoms with Crippen LogP contribution in [0.3, 0.4) is 0 Å². The molecule has 3 aliphatic rings. The normalized spacial score (nSPS) is 32.5. The first-order chi connectivity index (χ1) is 21.1. The summed E-state index contributed by atoms with van der Waals surface area (Å²) >= 11 is -1.87. The molecule has 2 aromatic carbocycles. The Kier molecular flexibility index (Phi) is 12.4. The van der Waals surface area contributed by atoms with Gasteiger partial charge in [0.15, 0.2) is 0 Å². The van der Waals surface area contributed by atoms with Gasteiger partial charge in [0.05, 0.1) is 43.5 Å². The van der Waals surface area contributed by atoms with Crippen LogP contribution in [0.15, 0.2) is 60.7 Å². The molecule has 3 heterocycles. The first-order valence-electron chi connectivity index (χ1n) is 14.5. The van der Waals surface area contributed by atoms with Crippen molar-refractivity contribution in [1.82, 2.24) is 20.4 Å². The van der Waals surface area contributed by atoms with Gasteiger partial charge in [0.25, 0.3) is 0 Å². The maximum Gasteiger partial charge on any atom is 0.305 e. The lowest BCUT2D eigenvalue weighted by Crippen LogP contribution is -2.68. The highest BCUT2D eigenvalue weighted by molar-refractivity contribution is 7.75. The molecule has 0 bridgehead atoms. The van der Waals surface area contributed by atoms with Crippen LogP contribution in [0.1, 0.15) is 25.0 Å². The number of nitrogens with one attached hydrogen (secondary N) is 2. The van der Waals surface area contributed by atoms with Crippen molar-refractivity contribution in [3.63, 3.8) is 0 Å². The van der Waals surface area contributed by atoms with Crippen LogP contribution in [0.2, 0.25) is 0 Å². The zero-order valence-corrected chi connectivity index (χ0v) is 25.6. The van der Waals surface area contributed by atoms with E-state index in [-0.39, 0.29) is 31.1 Å². The predicted octanol–water partition coefficient (Wildman–Crippen LogP) is -1.18. The van der Waals surface area contributed by atoms with E-state index >= 15 is 0 Å². The minimum atomic E-state index is -1.87. The third-order valence-corrected chi connectivity index (χ3v) is 8.74. The minimum Gasteiger partial charge on any atom is -0.395 e. The molecule has 242 valence electrons. The van der Waals surface area contributed by atoms with E-state index in [1.807, 2.05) is 65.6 Å². The van der Waals surface area contributed by atoms with Crippen molar-refractivity contribution < 1.29 is 42.6 Å². The van der Waals surface area contributed by atoms with E-state index in [0.29, 0.717) is 26.2 Å². The van der Waals surface area contributed by atoms with Gasteiger partial charge >= 0.3 is 11.4 Å². The zero-order chi connectivity index (χ0) is 31.8. The number of amides is 2. The lowest BCUT2D eigenvalue weighted by atomic mass is 9.91. The standard InChI is InChI=1S/C15H20N2O5S.C15H22N2O4/c1-10(18)16-12-8-17(7-11-5-3-2-4-6-11)13-9-21-23(20)22-15(13)14(12)19;1-10(19)16-12-8-17(7-11-5-3-2-4-6-11)13(9-18)15(21)14(12)20/h2-6,12-15,19H,7-9H2,1H3,(H,16,18);2-6,12-15,18,20-21H,7-9H2,1H3,(H,16,19)/t12-,13+,14+,15+,23?;12-,13+,14+,15+/m00/s1. The molecular weight excluding hydrogens is 592 g/mol. The van der Waals surface area contributed by atoms with Crippen molar-refractivity contribution in [2.75, 3.05) is 26.3 Å². The number of nitrogens with zero attached hydrogens (tertiary/aromatic N) is 2. The van der Waals surface area contributed by atoms with E-state index in [4.69, 9.17) is 8.37 Å². The van der Waals surface area contributed by atoms with Gasteiger partial charge in [-0.05, 0) is 11.1 Å². The number of piperidine rings is 2. The molecule has 14 heteroatoms. The first kappa shape index (κ1) is 34.1. The largest absolute Gasteiger partial charge is 0.395 e. The number of likely N-dealkylation sites (tertiary alicyclic amines) is 2. The second-order valence-electron chi connectivity index (χ2n) is 11.3. The lowest BCUT2D eigenvalue weighted by Gasteiger charge is -2.48. The Morgan fingerprint density at radius 3 is 1.84 bits per heavy atom. The summed E-state index contributed by atoms with van der Waals surface area (Å²) < 4.78 is 21.9. The maximum absolute atomic E-state index is 11.5. The summed E-state index contributed by atoms with van der Waals surface area (Å²) in [6.07, 6.45) is -3.79. The Bertz CT molecular complexity index is 1240. The lowest BCUT2D eigenvalue weighted by molar-refractivity contribution is -0.130. The summed E-state index contributed by atoms with van der Waals surface area (Å²) in [5.41, 5.74) is 2.15. The van der Waals surface area contributed by atoms with E-state index in [2.05, 4.69) is 15.5 Å². The summed E-state index contributed by atoms with van der Waals surface area (Å²) in [5.74, 6) is -0.478. The van der Waals surface area contributed by atoms with Crippen molar-refractivity contribution >= 4 is 23.2 Å². The average molecular weight is 635 g/mol. The van der Waals surface area contributed by atoms with E-state index < -0.39 is 53.9 Å². The fourth-order valence-corrected chi connectivity index (χ4v) is 6.64. The summed E-state index contributed by atoms with van der Waals surface area (Å²) in [4.78, 5) is 26.6. The Hall–Kier alpha value is -2.79. The Morgan fingerprint density at radius 1 is 0.818 bits per heavy atom. The van der Waals surface area contributed by atoms with Gasteiger partial charge in [-0.2, -0.15) is 4.21 Å². The van der Waals surface area contributed by atoms with E-state index in [0.717, 1.165) is 11.1 Å². The molecule has 9 atom stereocenters. The minimum absolute atomic E-state index is 0.215. The van der Waals surface area contributed by atoms with Crippen molar-refractivity contribution in [2.24, 2.45) is 0 Å². The maximum atomic E-state index is 11.5. The topological polar surface area (TPSA) is 181 Å². The molecule has 3 aliphatic heterocycles. The number of aliphatic hydroxyl groups excluding tert-OH is 4. The Morgan fingerprint density at radius 2 is 1.32 bits per heavy atom. The molecule has 2 aromatic rings. The highest BCUT2D eigenvalue weighted by Crippen LogP contribution is 2.28. The Balaban J connectivity index is 0.000000202. The number of aliphatic hydroxyl groups is 4. The molecule has 1 unspecified atom stereocenters. The van der Waals surface area contributed by atoms with Gasteiger partial charge in [-0.1, -0.05) is 60.7 Å². The van der Waals surface area contributed by atoms with Crippen LogP contribution in [0, 0.1) is 0 Å². The highest BCUT2D eigenvalue weighted by Gasteiger charge is 2.48. The number of rotatable bonds is 7. The average Bonchev–Trinajstić information content (AvgIpc) is 2.99. The monoisotopic (exact) mass is 634 g/mol. The van der Waals surface area contributed by atoms with Gasteiger partial charge in [-0.15, -0.1) is 0 Å². The summed E-state index contributed by atoms with van der Waals surface area (Å²) in [5, 5.41) is 45.6. The molecule has 2 amide bonds. The molecule has 3 saturated heterocycles. The summed E-state index contributed by atoms with van der Waals surface area (Å²) in [6.45, 7) is 4.75. The summed E-state index contributed by atoms with van der Waals surface area (Å²) in [7, 11) is 0. The van der Waals surface area contributed by atoms with Crippen LogP contribution in [-0.4, -0.2) is 121 Å². The number of hydrogen-bond donors (Lipinski definition) is 6. The molecule has 13 nitrogen and oxygen atoms in total. The second kappa shape index (κ2) is 16.0. The molecule has 0 spiro atoms. The SMILES string of the molecule is CC(=O)N[C@H]1CN(Cc2ccccc2)[C@@H]2COS(=O)O[C@H]2[C@@H]1O.CC(=O)N[C@H]1CN(Cc2ccccc2)[C@H](CO)[C@@H](O)[C@@H]1O. The van der Waals surface area contributed by atoms with Crippen LogP contribution >= 0.6 is 0 Å². The number of carbonyl (C=O) groups is 2. The van der Waals surface area contributed by atoms with Crippen molar-refractivity contribution in [3.8, 4) is 0 Å². The van der Waals surface area contributed by atoms with Gasteiger partial charge in [0.2, 0.25) is 11.8 Å². The van der Waals surface area contributed by atoms with Gasteiger partial charge < -0.3 is 31.1 Å². The number of benzene rings is 2. The smallest absolute Gasteiger partial charge is 0.305 e. The van der Waals surface area contributed by atoms with Crippen LogP contribution in [0.4, 0.5) is 0 Å². The van der Waals surface area contributed by atoms with E-state index in [1.54, 1.807) is 0 Å². The zero-order valence-electron chi connectivity index (χ0n) is 24.8.